The molecule has 0 spiro atoms. The van der Waals surface area contributed by atoms with Crippen molar-refractivity contribution in [3.8, 4) is 0 Å². The number of hydrogen-bond acceptors (Lipinski definition) is 3. The second-order valence-electron chi connectivity index (χ2n) is 4.33. The molecule has 0 aliphatic carbocycles. The Morgan fingerprint density at radius 1 is 1.24 bits per heavy atom. The fraction of sp³-hybridized carbons (Fsp3) is 0.833. The van der Waals surface area contributed by atoms with Crippen molar-refractivity contribution >= 4 is 11.9 Å². The van der Waals surface area contributed by atoms with E-state index in [0.29, 0.717) is 19.5 Å². The van der Waals surface area contributed by atoms with Crippen LogP contribution in [0.15, 0.2) is 0 Å². The molecule has 100 valence electrons. The van der Waals surface area contributed by atoms with Gasteiger partial charge in [-0.3, -0.25) is 9.59 Å². The number of carbonyl (C=O) groups excluding carboxylic acids is 1. The molecule has 17 heavy (non-hydrogen) atoms. The molecular weight excluding hydrogens is 220 g/mol. The van der Waals surface area contributed by atoms with Gasteiger partial charge in [-0.25, -0.2) is 0 Å². The average molecular weight is 244 g/mol. The molecule has 0 aromatic heterocycles. The van der Waals surface area contributed by atoms with Crippen LogP contribution in [0.25, 0.3) is 0 Å². The Labute approximate surface area is 103 Å². The Hall–Kier alpha value is -1.10. The summed E-state index contributed by atoms with van der Waals surface area (Å²) in [6.45, 7) is 3.15. The van der Waals surface area contributed by atoms with Crippen LogP contribution in [-0.4, -0.2) is 30.1 Å². The maximum atomic E-state index is 11.5. The molecule has 1 amide bonds. The minimum Gasteiger partial charge on any atom is -0.481 e. The SMILES string of the molecule is CC(CCCN)C(=O)NCCCCCC(=O)O. The molecule has 0 aliphatic rings. The molecule has 0 saturated heterocycles. The van der Waals surface area contributed by atoms with Gasteiger partial charge in [-0.1, -0.05) is 13.3 Å². The molecule has 0 radical (unpaired) electrons. The predicted molar refractivity (Wildman–Crippen MR) is 66.6 cm³/mol. The van der Waals surface area contributed by atoms with E-state index in [4.69, 9.17) is 10.8 Å². The van der Waals surface area contributed by atoms with E-state index in [1.165, 1.54) is 0 Å². The topological polar surface area (TPSA) is 92.4 Å². The van der Waals surface area contributed by atoms with Crippen molar-refractivity contribution in [1.29, 1.82) is 0 Å². The van der Waals surface area contributed by atoms with E-state index in [-0.39, 0.29) is 18.2 Å². The summed E-state index contributed by atoms with van der Waals surface area (Å²) in [5, 5.41) is 11.3. The lowest BCUT2D eigenvalue weighted by atomic mass is 10.0. The number of unbranched alkanes of at least 4 members (excludes halogenated alkanes) is 2. The van der Waals surface area contributed by atoms with Crippen LogP contribution in [0.4, 0.5) is 0 Å². The van der Waals surface area contributed by atoms with E-state index in [9.17, 15) is 9.59 Å². The first-order valence-corrected chi connectivity index (χ1v) is 6.27. The summed E-state index contributed by atoms with van der Waals surface area (Å²) >= 11 is 0. The highest BCUT2D eigenvalue weighted by atomic mass is 16.4. The minimum atomic E-state index is -0.760. The molecule has 0 rings (SSSR count). The van der Waals surface area contributed by atoms with Crippen molar-refractivity contribution in [1.82, 2.24) is 5.32 Å². The first-order valence-electron chi connectivity index (χ1n) is 6.27. The largest absolute Gasteiger partial charge is 0.481 e. The van der Waals surface area contributed by atoms with Crippen LogP contribution in [0, 0.1) is 5.92 Å². The van der Waals surface area contributed by atoms with Crippen LogP contribution in [0.2, 0.25) is 0 Å². The van der Waals surface area contributed by atoms with Crippen molar-refractivity contribution in [3.05, 3.63) is 0 Å². The van der Waals surface area contributed by atoms with Crippen LogP contribution in [0.1, 0.15) is 45.4 Å². The molecule has 5 heteroatoms. The highest BCUT2D eigenvalue weighted by Gasteiger charge is 2.10. The standard InChI is InChI=1S/C12H24N2O3/c1-10(6-5-8-13)12(17)14-9-4-2-3-7-11(15)16/h10H,2-9,13H2,1H3,(H,14,17)(H,15,16). The van der Waals surface area contributed by atoms with E-state index in [1.54, 1.807) is 0 Å². The van der Waals surface area contributed by atoms with Crippen LogP contribution in [0.5, 0.6) is 0 Å². The van der Waals surface area contributed by atoms with Gasteiger partial charge in [0, 0.05) is 18.9 Å². The summed E-state index contributed by atoms with van der Waals surface area (Å²) < 4.78 is 0. The van der Waals surface area contributed by atoms with Gasteiger partial charge in [0.2, 0.25) is 5.91 Å². The lowest BCUT2D eigenvalue weighted by Gasteiger charge is -2.11. The zero-order valence-electron chi connectivity index (χ0n) is 10.6. The Balaban J connectivity index is 3.41. The number of aliphatic carboxylic acids is 1. The lowest BCUT2D eigenvalue weighted by molar-refractivity contribution is -0.137. The monoisotopic (exact) mass is 244 g/mol. The first kappa shape index (κ1) is 15.9. The molecule has 0 fully saturated rings. The molecule has 0 heterocycles. The molecule has 5 nitrogen and oxygen atoms in total. The van der Waals surface area contributed by atoms with Crippen LogP contribution in [-0.2, 0) is 9.59 Å². The Kier molecular flexibility index (Phi) is 9.43. The number of hydrogen-bond donors (Lipinski definition) is 3. The number of amides is 1. The van der Waals surface area contributed by atoms with Crippen molar-refractivity contribution < 1.29 is 14.7 Å². The molecule has 0 saturated carbocycles. The van der Waals surface area contributed by atoms with E-state index in [1.807, 2.05) is 6.92 Å². The number of carboxylic acid groups (broad SMARTS) is 1. The van der Waals surface area contributed by atoms with Crippen LogP contribution < -0.4 is 11.1 Å². The smallest absolute Gasteiger partial charge is 0.303 e. The molecule has 0 aromatic carbocycles. The fourth-order valence-electron chi connectivity index (χ4n) is 1.52. The van der Waals surface area contributed by atoms with Gasteiger partial charge in [0.25, 0.3) is 0 Å². The zero-order valence-corrected chi connectivity index (χ0v) is 10.6. The van der Waals surface area contributed by atoms with E-state index >= 15 is 0 Å². The maximum absolute atomic E-state index is 11.5. The summed E-state index contributed by atoms with van der Waals surface area (Å²) in [4.78, 5) is 21.8. The van der Waals surface area contributed by atoms with Crippen LogP contribution >= 0.6 is 0 Å². The van der Waals surface area contributed by atoms with Gasteiger partial charge in [0.15, 0.2) is 0 Å². The summed E-state index contributed by atoms with van der Waals surface area (Å²) in [6, 6.07) is 0. The quantitative estimate of drug-likeness (QED) is 0.502. The Morgan fingerprint density at radius 2 is 1.94 bits per heavy atom. The molecule has 0 bridgehead atoms. The molecule has 4 N–H and O–H groups in total. The first-order chi connectivity index (χ1) is 8.07. The third-order valence-electron chi connectivity index (χ3n) is 2.66. The molecule has 0 aromatic rings. The molecule has 1 atom stereocenters. The highest BCUT2D eigenvalue weighted by molar-refractivity contribution is 5.78. The Bertz CT molecular complexity index is 232. The molecular formula is C12H24N2O3. The van der Waals surface area contributed by atoms with Gasteiger partial charge in [0.1, 0.15) is 0 Å². The van der Waals surface area contributed by atoms with Crippen molar-refractivity contribution in [2.45, 2.75) is 45.4 Å². The van der Waals surface area contributed by atoms with Gasteiger partial charge in [-0.2, -0.15) is 0 Å². The van der Waals surface area contributed by atoms with E-state index in [0.717, 1.165) is 25.7 Å². The molecule has 0 aliphatic heterocycles. The number of carboxylic acids is 1. The number of rotatable bonds is 10. The zero-order chi connectivity index (χ0) is 13.1. The molecule has 1 unspecified atom stereocenters. The van der Waals surface area contributed by atoms with Crippen molar-refractivity contribution in [2.75, 3.05) is 13.1 Å². The van der Waals surface area contributed by atoms with E-state index in [2.05, 4.69) is 5.32 Å². The van der Waals surface area contributed by atoms with Gasteiger partial charge in [0.05, 0.1) is 0 Å². The second kappa shape index (κ2) is 10.1. The summed E-state index contributed by atoms with van der Waals surface area (Å²) in [5.74, 6) is -0.682. The Morgan fingerprint density at radius 3 is 2.53 bits per heavy atom. The highest BCUT2D eigenvalue weighted by Crippen LogP contribution is 2.05. The fourth-order valence-corrected chi connectivity index (χ4v) is 1.52. The van der Waals surface area contributed by atoms with Crippen LogP contribution in [0.3, 0.4) is 0 Å². The van der Waals surface area contributed by atoms with Crippen molar-refractivity contribution in [3.63, 3.8) is 0 Å². The maximum Gasteiger partial charge on any atom is 0.303 e. The predicted octanol–water partition coefficient (Wildman–Crippen LogP) is 1.12. The summed E-state index contributed by atoms with van der Waals surface area (Å²) in [6.07, 6.45) is 4.25. The van der Waals surface area contributed by atoms with Gasteiger partial charge < -0.3 is 16.2 Å². The third kappa shape index (κ3) is 9.81. The summed E-state index contributed by atoms with van der Waals surface area (Å²) in [7, 11) is 0. The minimum absolute atomic E-state index is 0.0116. The average Bonchev–Trinajstić information content (AvgIpc) is 2.29. The number of nitrogens with two attached hydrogens (primary N) is 1. The van der Waals surface area contributed by atoms with Gasteiger partial charge in [-0.05, 0) is 32.2 Å². The second-order valence-corrected chi connectivity index (χ2v) is 4.33. The van der Waals surface area contributed by atoms with Gasteiger partial charge >= 0.3 is 5.97 Å². The van der Waals surface area contributed by atoms with Crippen molar-refractivity contribution in [2.24, 2.45) is 11.7 Å². The number of carbonyl (C=O) groups is 2. The van der Waals surface area contributed by atoms with Gasteiger partial charge in [-0.15, -0.1) is 0 Å². The third-order valence-corrected chi connectivity index (χ3v) is 2.66. The number of nitrogens with one attached hydrogen (secondary N) is 1. The normalized spacial score (nSPS) is 12.1. The lowest BCUT2D eigenvalue weighted by Crippen LogP contribution is -2.30. The summed E-state index contributed by atoms with van der Waals surface area (Å²) in [5.41, 5.74) is 5.38. The van der Waals surface area contributed by atoms with E-state index < -0.39 is 5.97 Å².